The molecule has 2 aliphatic carbocycles. The van der Waals surface area contributed by atoms with Gasteiger partial charge in [-0.15, -0.1) is 0 Å². The van der Waals surface area contributed by atoms with E-state index >= 15 is 0 Å². The Bertz CT molecular complexity index is 1340. The van der Waals surface area contributed by atoms with Crippen LogP contribution in [0.15, 0.2) is 59.6 Å². The summed E-state index contributed by atoms with van der Waals surface area (Å²) < 4.78 is 28.5. The molecule has 0 spiro atoms. The lowest BCUT2D eigenvalue weighted by Crippen LogP contribution is -2.00. The first-order chi connectivity index (χ1) is 16.1. The molecule has 0 N–H and O–H groups in total. The minimum atomic E-state index is -0.736. The number of thiocarbonyl (C=S) groups is 1. The third-order valence-electron chi connectivity index (χ3n) is 6.21. The van der Waals surface area contributed by atoms with Crippen LogP contribution in [0.3, 0.4) is 0 Å². The van der Waals surface area contributed by atoms with Gasteiger partial charge >= 0.3 is 0 Å². The molecule has 3 aromatic carbocycles. The zero-order valence-electron chi connectivity index (χ0n) is 18.0. The van der Waals surface area contributed by atoms with Gasteiger partial charge in [-0.2, -0.15) is 4.99 Å². The SMILES string of the molecule is Fc1cc(C2=Cc3ccc(C#Cc4ccc(CC5CC5)cc4)cc3CC2)cc(F)c1N=C=S. The number of nitrogens with zero attached hydrogens (tertiary/aromatic N) is 1. The molecule has 4 heteroatoms. The molecule has 0 bridgehead atoms. The quantitative estimate of drug-likeness (QED) is 0.226. The number of halogens is 2. The van der Waals surface area contributed by atoms with Crippen molar-refractivity contribution >= 4 is 34.7 Å². The molecule has 3 aromatic rings. The van der Waals surface area contributed by atoms with Crippen LogP contribution in [-0.2, 0) is 12.8 Å². The summed E-state index contributed by atoms with van der Waals surface area (Å²) in [7, 11) is 0. The van der Waals surface area contributed by atoms with Crippen molar-refractivity contribution in [2.24, 2.45) is 10.9 Å². The Hall–Kier alpha value is -3.38. The Balaban J connectivity index is 1.35. The maximum Gasteiger partial charge on any atom is 0.153 e. The minimum Gasteiger partial charge on any atom is -0.204 e. The van der Waals surface area contributed by atoms with Crippen LogP contribution in [0.2, 0.25) is 0 Å². The second-order valence-electron chi connectivity index (χ2n) is 8.67. The number of rotatable bonds is 4. The van der Waals surface area contributed by atoms with Crippen molar-refractivity contribution in [1.82, 2.24) is 0 Å². The van der Waals surface area contributed by atoms with Gasteiger partial charge in [0.15, 0.2) is 11.6 Å². The molecule has 0 heterocycles. The smallest absolute Gasteiger partial charge is 0.153 e. The minimum absolute atomic E-state index is 0.397. The second kappa shape index (κ2) is 9.24. The van der Waals surface area contributed by atoms with Gasteiger partial charge in [0, 0.05) is 11.1 Å². The van der Waals surface area contributed by atoms with Crippen LogP contribution in [-0.4, -0.2) is 5.16 Å². The van der Waals surface area contributed by atoms with Gasteiger partial charge in [-0.1, -0.05) is 36.1 Å². The lowest BCUT2D eigenvalue weighted by atomic mass is 9.87. The van der Waals surface area contributed by atoms with Crippen molar-refractivity contribution < 1.29 is 8.78 Å². The average molecular weight is 454 g/mol. The molecule has 1 saturated carbocycles. The summed E-state index contributed by atoms with van der Waals surface area (Å²) in [5.41, 5.74) is 6.62. The fourth-order valence-electron chi connectivity index (χ4n) is 4.22. The van der Waals surface area contributed by atoms with Gasteiger partial charge in [-0.05, 0) is 114 Å². The van der Waals surface area contributed by atoms with Gasteiger partial charge in [-0.25, -0.2) is 8.78 Å². The molecule has 0 radical (unpaired) electrons. The molecule has 0 unspecified atom stereocenters. The predicted molar refractivity (Wildman–Crippen MR) is 133 cm³/mol. The van der Waals surface area contributed by atoms with Crippen LogP contribution in [0.4, 0.5) is 14.5 Å². The Morgan fingerprint density at radius 1 is 0.879 bits per heavy atom. The lowest BCUT2D eigenvalue weighted by molar-refractivity contribution is 0.587. The number of aryl methyl sites for hydroxylation is 1. The Kier molecular flexibility index (Phi) is 6.01. The highest BCUT2D eigenvalue weighted by molar-refractivity contribution is 7.78. The van der Waals surface area contributed by atoms with Gasteiger partial charge in [-0.3, -0.25) is 0 Å². The average Bonchev–Trinajstić information content (AvgIpc) is 3.64. The Morgan fingerprint density at radius 2 is 1.58 bits per heavy atom. The van der Waals surface area contributed by atoms with E-state index in [1.165, 1.54) is 42.5 Å². The van der Waals surface area contributed by atoms with Crippen molar-refractivity contribution in [2.45, 2.75) is 32.1 Å². The number of hydrogen-bond donors (Lipinski definition) is 0. The first kappa shape index (κ1) is 21.5. The second-order valence-corrected chi connectivity index (χ2v) is 8.85. The van der Waals surface area contributed by atoms with Crippen molar-refractivity contribution in [1.29, 1.82) is 0 Å². The van der Waals surface area contributed by atoms with Crippen LogP contribution in [0.5, 0.6) is 0 Å². The van der Waals surface area contributed by atoms with Crippen molar-refractivity contribution in [2.75, 3.05) is 0 Å². The summed E-state index contributed by atoms with van der Waals surface area (Å²) in [6.07, 6.45) is 7.38. The van der Waals surface area contributed by atoms with Gasteiger partial charge in [0.2, 0.25) is 0 Å². The number of allylic oxidation sites excluding steroid dienone is 1. The molecular formula is C29H21F2NS. The van der Waals surface area contributed by atoms with Gasteiger partial charge in [0.05, 0.1) is 5.16 Å². The van der Waals surface area contributed by atoms with Crippen molar-refractivity contribution in [3.05, 3.63) is 99.6 Å². The van der Waals surface area contributed by atoms with E-state index in [-0.39, 0.29) is 0 Å². The Labute approximate surface area is 197 Å². The number of aliphatic imine (C=N–C) groups is 1. The molecule has 0 atom stereocenters. The standard InChI is InChI=1S/C29H21F2NS/c30-27-16-26(17-28(31)29(27)32-18-33)25-12-11-23-14-22(9-10-24(23)15-25)6-3-19-1-4-20(5-2-19)13-21-7-8-21/h1-2,4-5,9-10,14-17,21H,7-8,11-13H2. The van der Waals surface area contributed by atoms with E-state index in [0.717, 1.165) is 34.6 Å². The zero-order chi connectivity index (χ0) is 22.8. The monoisotopic (exact) mass is 453 g/mol. The van der Waals surface area contributed by atoms with E-state index in [9.17, 15) is 8.78 Å². The van der Waals surface area contributed by atoms with Gasteiger partial charge in [0.1, 0.15) is 5.69 Å². The molecule has 5 rings (SSSR count). The summed E-state index contributed by atoms with van der Waals surface area (Å²) >= 11 is 4.46. The summed E-state index contributed by atoms with van der Waals surface area (Å²) in [4.78, 5) is 3.48. The molecular weight excluding hydrogens is 432 g/mol. The maximum absolute atomic E-state index is 14.2. The van der Waals surface area contributed by atoms with E-state index in [1.807, 2.05) is 23.4 Å². The molecule has 2 aliphatic rings. The first-order valence-corrected chi connectivity index (χ1v) is 11.5. The number of fused-ring (bicyclic) bond motifs is 1. The van der Waals surface area contributed by atoms with Crippen LogP contribution < -0.4 is 0 Å². The highest BCUT2D eigenvalue weighted by atomic mass is 32.1. The van der Waals surface area contributed by atoms with Crippen LogP contribution in [0.25, 0.3) is 11.6 Å². The molecule has 0 amide bonds. The highest BCUT2D eigenvalue weighted by Gasteiger charge is 2.21. The highest BCUT2D eigenvalue weighted by Crippen LogP contribution is 2.34. The lowest BCUT2D eigenvalue weighted by Gasteiger charge is -2.17. The summed E-state index contributed by atoms with van der Waals surface area (Å²) in [6.45, 7) is 0. The summed E-state index contributed by atoms with van der Waals surface area (Å²) in [6, 6.07) is 17.3. The van der Waals surface area contributed by atoms with Crippen molar-refractivity contribution in [3.63, 3.8) is 0 Å². The van der Waals surface area contributed by atoms with E-state index < -0.39 is 17.3 Å². The predicted octanol–water partition coefficient (Wildman–Crippen LogP) is 7.54. The molecule has 162 valence electrons. The number of benzene rings is 3. The molecule has 1 fully saturated rings. The molecule has 0 aliphatic heterocycles. The largest absolute Gasteiger partial charge is 0.204 e. The van der Waals surface area contributed by atoms with Crippen LogP contribution in [0.1, 0.15) is 52.6 Å². The van der Waals surface area contributed by atoms with Crippen LogP contribution >= 0.6 is 12.2 Å². The summed E-state index contributed by atoms with van der Waals surface area (Å²) in [5.74, 6) is 5.93. The number of hydrogen-bond acceptors (Lipinski definition) is 2. The molecule has 1 nitrogen and oxygen atoms in total. The topological polar surface area (TPSA) is 12.4 Å². The van der Waals surface area contributed by atoms with E-state index in [1.54, 1.807) is 0 Å². The fraction of sp³-hybridized carbons (Fsp3) is 0.207. The van der Waals surface area contributed by atoms with Gasteiger partial charge < -0.3 is 0 Å². The number of isothiocyanates is 1. The normalized spacial score (nSPS) is 14.4. The molecule has 0 saturated heterocycles. The third kappa shape index (κ3) is 5.01. The van der Waals surface area contributed by atoms with E-state index in [2.05, 4.69) is 59.4 Å². The van der Waals surface area contributed by atoms with Crippen molar-refractivity contribution in [3.8, 4) is 11.8 Å². The first-order valence-electron chi connectivity index (χ1n) is 11.1. The zero-order valence-corrected chi connectivity index (χ0v) is 18.8. The summed E-state index contributed by atoms with van der Waals surface area (Å²) in [5, 5.41) is 2.02. The van der Waals surface area contributed by atoms with E-state index in [4.69, 9.17) is 0 Å². The maximum atomic E-state index is 14.2. The Morgan fingerprint density at radius 3 is 2.27 bits per heavy atom. The van der Waals surface area contributed by atoms with Gasteiger partial charge in [0.25, 0.3) is 0 Å². The fourth-order valence-corrected chi connectivity index (χ4v) is 4.32. The van der Waals surface area contributed by atoms with E-state index in [0.29, 0.717) is 12.0 Å². The molecule has 0 aromatic heterocycles. The molecule has 33 heavy (non-hydrogen) atoms. The third-order valence-corrected chi connectivity index (χ3v) is 6.30. The van der Waals surface area contributed by atoms with Crippen LogP contribution in [0, 0.1) is 29.4 Å².